The van der Waals surface area contributed by atoms with Gasteiger partial charge in [-0.25, -0.2) is 4.98 Å². The van der Waals surface area contributed by atoms with E-state index in [1.807, 2.05) is 36.4 Å². The summed E-state index contributed by atoms with van der Waals surface area (Å²) in [6.07, 6.45) is 7.80. The largest absolute Gasteiger partial charge is 0.374 e. The van der Waals surface area contributed by atoms with Gasteiger partial charge in [0, 0.05) is 44.9 Å². The standard InChI is InChI=1S/C13H19N5O/c1-16-6-4-14-13(16)11-17-7-8-19-12(9-17)10-18-5-2-3-15-18/h2-6,12H,7-11H2,1H3/t12-/m1/s1. The highest BCUT2D eigenvalue weighted by molar-refractivity contribution is 4.91. The lowest BCUT2D eigenvalue weighted by molar-refractivity contribution is -0.0411. The van der Waals surface area contributed by atoms with E-state index in [1.165, 1.54) is 0 Å². The normalized spacial score (nSPS) is 20.8. The van der Waals surface area contributed by atoms with Crippen LogP contribution in [0.25, 0.3) is 0 Å². The second-order valence-corrected chi connectivity index (χ2v) is 4.91. The van der Waals surface area contributed by atoms with Crippen LogP contribution < -0.4 is 0 Å². The maximum absolute atomic E-state index is 5.80. The first-order chi connectivity index (χ1) is 9.31. The minimum atomic E-state index is 0.203. The Balaban J connectivity index is 1.57. The molecule has 0 N–H and O–H groups in total. The van der Waals surface area contributed by atoms with Crippen molar-refractivity contribution in [3.8, 4) is 0 Å². The second kappa shape index (κ2) is 5.54. The molecule has 0 unspecified atom stereocenters. The third kappa shape index (κ3) is 3.02. The average Bonchev–Trinajstić information content (AvgIpc) is 3.03. The van der Waals surface area contributed by atoms with Crippen molar-refractivity contribution in [2.75, 3.05) is 19.7 Å². The van der Waals surface area contributed by atoms with Crippen molar-refractivity contribution < 1.29 is 4.74 Å². The average molecular weight is 261 g/mol. The highest BCUT2D eigenvalue weighted by Gasteiger charge is 2.21. The monoisotopic (exact) mass is 261 g/mol. The molecular weight excluding hydrogens is 242 g/mol. The van der Waals surface area contributed by atoms with Crippen molar-refractivity contribution in [2.24, 2.45) is 7.05 Å². The number of rotatable bonds is 4. The molecule has 0 saturated carbocycles. The molecule has 1 fully saturated rings. The molecule has 1 saturated heterocycles. The second-order valence-electron chi connectivity index (χ2n) is 4.91. The SMILES string of the molecule is Cn1ccnc1CN1CCO[C@@H](Cn2cccn2)C1. The Kier molecular flexibility index (Phi) is 3.61. The zero-order valence-corrected chi connectivity index (χ0v) is 11.1. The molecule has 0 amide bonds. The molecule has 0 aromatic carbocycles. The lowest BCUT2D eigenvalue weighted by Crippen LogP contribution is -2.44. The van der Waals surface area contributed by atoms with Crippen LogP contribution in [-0.2, 0) is 24.9 Å². The summed E-state index contributed by atoms with van der Waals surface area (Å²) in [6, 6.07) is 1.94. The fraction of sp³-hybridized carbons (Fsp3) is 0.538. The van der Waals surface area contributed by atoms with Gasteiger partial charge in [0.05, 0.1) is 25.8 Å². The number of nitrogens with zero attached hydrogens (tertiary/aromatic N) is 5. The van der Waals surface area contributed by atoms with Crippen LogP contribution in [-0.4, -0.2) is 50.0 Å². The molecule has 6 nitrogen and oxygen atoms in total. The fourth-order valence-electron chi connectivity index (χ4n) is 2.40. The van der Waals surface area contributed by atoms with Gasteiger partial charge in [-0.3, -0.25) is 9.58 Å². The summed E-state index contributed by atoms with van der Waals surface area (Å²) in [5, 5.41) is 4.23. The topological polar surface area (TPSA) is 48.1 Å². The molecule has 102 valence electrons. The maximum atomic E-state index is 5.80. The van der Waals surface area contributed by atoms with E-state index in [4.69, 9.17) is 4.74 Å². The first-order valence-electron chi connectivity index (χ1n) is 6.59. The molecular formula is C13H19N5O. The zero-order chi connectivity index (χ0) is 13.1. The van der Waals surface area contributed by atoms with E-state index >= 15 is 0 Å². The van der Waals surface area contributed by atoms with Crippen molar-refractivity contribution in [2.45, 2.75) is 19.2 Å². The molecule has 3 rings (SSSR count). The molecule has 2 aromatic rings. The first kappa shape index (κ1) is 12.4. The van der Waals surface area contributed by atoms with E-state index in [0.29, 0.717) is 0 Å². The Morgan fingerprint density at radius 1 is 1.37 bits per heavy atom. The zero-order valence-electron chi connectivity index (χ0n) is 11.1. The summed E-state index contributed by atoms with van der Waals surface area (Å²) in [7, 11) is 2.03. The lowest BCUT2D eigenvalue weighted by atomic mass is 10.2. The van der Waals surface area contributed by atoms with Crippen LogP contribution in [0.1, 0.15) is 5.82 Å². The summed E-state index contributed by atoms with van der Waals surface area (Å²) in [4.78, 5) is 6.76. The third-order valence-electron chi connectivity index (χ3n) is 3.46. The minimum absolute atomic E-state index is 0.203. The molecule has 3 heterocycles. The van der Waals surface area contributed by atoms with Gasteiger partial charge in [0.25, 0.3) is 0 Å². The fourth-order valence-corrected chi connectivity index (χ4v) is 2.40. The van der Waals surface area contributed by atoms with Crippen LogP contribution in [0.3, 0.4) is 0 Å². The van der Waals surface area contributed by atoms with Crippen LogP contribution in [0.5, 0.6) is 0 Å². The van der Waals surface area contributed by atoms with Crippen molar-refractivity contribution >= 4 is 0 Å². The number of aryl methyl sites for hydroxylation is 1. The molecule has 2 aromatic heterocycles. The Bertz CT molecular complexity index is 507. The highest BCUT2D eigenvalue weighted by Crippen LogP contribution is 2.10. The molecule has 0 spiro atoms. The summed E-state index contributed by atoms with van der Waals surface area (Å²) >= 11 is 0. The minimum Gasteiger partial charge on any atom is -0.374 e. The molecule has 1 aliphatic rings. The Morgan fingerprint density at radius 3 is 3.05 bits per heavy atom. The van der Waals surface area contributed by atoms with E-state index in [1.54, 1.807) is 6.20 Å². The van der Waals surface area contributed by atoms with E-state index < -0.39 is 0 Å². The van der Waals surface area contributed by atoms with Crippen molar-refractivity contribution in [1.82, 2.24) is 24.2 Å². The number of aromatic nitrogens is 4. The summed E-state index contributed by atoms with van der Waals surface area (Å²) in [6.45, 7) is 4.35. The van der Waals surface area contributed by atoms with Crippen LogP contribution in [0.2, 0.25) is 0 Å². The molecule has 0 bridgehead atoms. The van der Waals surface area contributed by atoms with Gasteiger partial charge < -0.3 is 9.30 Å². The van der Waals surface area contributed by atoms with Crippen molar-refractivity contribution in [3.05, 3.63) is 36.7 Å². The van der Waals surface area contributed by atoms with E-state index in [9.17, 15) is 0 Å². The van der Waals surface area contributed by atoms with Gasteiger partial charge >= 0.3 is 0 Å². The first-order valence-corrected chi connectivity index (χ1v) is 6.59. The number of hydrogen-bond donors (Lipinski definition) is 0. The van der Waals surface area contributed by atoms with Gasteiger partial charge in [-0.2, -0.15) is 5.10 Å². The molecule has 19 heavy (non-hydrogen) atoms. The number of hydrogen-bond acceptors (Lipinski definition) is 4. The molecule has 0 aliphatic carbocycles. The number of ether oxygens (including phenoxy) is 1. The maximum Gasteiger partial charge on any atom is 0.122 e. The van der Waals surface area contributed by atoms with Gasteiger partial charge in [-0.15, -0.1) is 0 Å². The van der Waals surface area contributed by atoms with Gasteiger partial charge in [0.1, 0.15) is 5.82 Å². The van der Waals surface area contributed by atoms with E-state index in [-0.39, 0.29) is 6.10 Å². The Morgan fingerprint density at radius 2 is 2.32 bits per heavy atom. The van der Waals surface area contributed by atoms with Gasteiger partial charge in [0.2, 0.25) is 0 Å². The van der Waals surface area contributed by atoms with Crippen LogP contribution in [0.15, 0.2) is 30.9 Å². The molecule has 0 radical (unpaired) electrons. The quantitative estimate of drug-likeness (QED) is 0.805. The van der Waals surface area contributed by atoms with Crippen molar-refractivity contribution in [3.63, 3.8) is 0 Å². The summed E-state index contributed by atoms with van der Waals surface area (Å²) in [5.41, 5.74) is 0. The van der Waals surface area contributed by atoms with Gasteiger partial charge in [0.15, 0.2) is 0 Å². The molecule has 1 aliphatic heterocycles. The van der Waals surface area contributed by atoms with Crippen LogP contribution in [0, 0.1) is 0 Å². The van der Waals surface area contributed by atoms with Crippen LogP contribution >= 0.6 is 0 Å². The summed E-state index contributed by atoms with van der Waals surface area (Å²) < 4.78 is 9.79. The molecule has 1 atom stereocenters. The lowest BCUT2D eigenvalue weighted by Gasteiger charge is -2.32. The van der Waals surface area contributed by atoms with Gasteiger partial charge in [-0.05, 0) is 6.07 Å². The summed E-state index contributed by atoms with van der Waals surface area (Å²) in [5.74, 6) is 1.10. The predicted molar refractivity (Wildman–Crippen MR) is 70.5 cm³/mol. The third-order valence-corrected chi connectivity index (χ3v) is 3.46. The van der Waals surface area contributed by atoms with Gasteiger partial charge in [-0.1, -0.05) is 0 Å². The number of morpholine rings is 1. The predicted octanol–water partition coefficient (Wildman–Crippen LogP) is 0.518. The van der Waals surface area contributed by atoms with Crippen LogP contribution in [0.4, 0.5) is 0 Å². The highest BCUT2D eigenvalue weighted by atomic mass is 16.5. The van der Waals surface area contributed by atoms with E-state index in [0.717, 1.165) is 38.6 Å². The van der Waals surface area contributed by atoms with Crippen molar-refractivity contribution in [1.29, 1.82) is 0 Å². The molecule has 6 heteroatoms. The smallest absolute Gasteiger partial charge is 0.122 e. The van der Waals surface area contributed by atoms with E-state index in [2.05, 4.69) is 19.5 Å². The Labute approximate surface area is 112 Å². The Hall–Kier alpha value is -1.66. The number of imidazole rings is 1.